The number of anilines is 1. The summed E-state index contributed by atoms with van der Waals surface area (Å²) in [7, 11) is 0. The summed E-state index contributed by atoms with van der Waals surface area (Å²) < 4.78 is 1.13. The Hall–Kier alpha value is -0.250. The van der Waals surface area contributed by atoms with Crippen molar-refractivity contribution in [1.29, 1.82) is 0 Å². The van der Waals surface area contributed by atoms with Crippen LogP contribution in [-0.4, -0.2) is 0 Å². The van der Waals surface area contributed by atoms with E-state index in [1.54, 1.807) is 0 Å². The standard InChI is InChI=1S/C10H14IN/c1-10(2,3)7-4-5-8(11)9(12)6-7/h4-6H,12H2,1-3H3. The first-order valence-corrected chi connectivity index (χ1v) is 5.04. The van der Waals surface area contributed by atoms with E-state index in [4.69, 9.17) is 5.73 Å². The molecule has 1 nitrogen and oxygen atoms in total. The van der Waals surface area contributed by atoms with Crippen LogP contribution in [0.2, 0.25) is 0 Å². The second kappa shape index (κ2) is 3.24. The SMILES string of the molecule is CC(C)(C)c1ccc(I)c(N)c1. The number of nitrogens with two attached hydrogens (primary N) is 1. The van der Waals surface area contributed by atoms with E-state index in [0.717, 1.165) is 9.26 Å². The van der Waals surface area contributed by atoms with Crippen molar-refractivity contribution in [1.82, 2.24) is 0 Å². The van der Waals surface area contributed by atoms with Crippen LogP contribution in [-0.2, 0) is 5.41 Å². The van der Waals surface area contributed by atoms with Crippen LogP contribution in [0.4, 0.5) is 5.69 Å². The van der Waals surface area contributed by atoms with Crippen LogP contribution in [0.15, 0.2) is 18.2 Å². The molecule has 0 aliphatic heterocycles. The van der Waals surface area contributed by atoms with Gasteiger partial charge in [-0.25, -0.2) is 0 Å². The van der Waals surface area contributed by atoms with Gasteiger partial charge in [-0.1, -0.05) is 26.8 Å². The molecule has 0 radical (unpaired) electrons. The second-order valence-corrected chi connectivity index (χ2v) is 5.15. The fourth-order valence-electron chi connectivity index (χ4n) is 1.01. The summed E-state index contributed by atoms with van der Waals surface area (Å²) >= 11 is 2.24. The molecule has 0 unspecified atom stereocenters. The Bertz CT molecular complexity index is 286. The Morgan fingerprint density at radius 2 is 1.83 bits per heavy atom. The van der Waals surface area contributed by atoms with E-state index in [9.17, 15) is 0 Å². The quantitative estimate of drug-likeness (QED) is 0.571. The van der Waals surface area contributed by atoms with Crippen molar-refractivity contribution < 1.29 is 0 Å². The van der Waals surface area contributed by atoms with Crippen molar-refractivity contribution in [3.05, 3.63) is 27.3 Å². The highest BCUT2D eigenvalue weighted by atomic mass is 127. The van der Waals surface area contributed by atoms with E-state index >= 15 is 0 Å². The van der Waals surface area contributed by atoms with Gasteiger partial charge >= 0.3 is 0 Å². The maximum Gasteiger partial charge on any atom is 0.0452 e. The van der Waals surface area contributed by atoms with E-state index in [1.807, 2.05) is 0 Å². The van der Waals surface area contributed by atoms with Crippen molar-refractivity contribution in [2.75, 3.05) is 5.73 Å². The number of halogens is 1. The summed E-state index contributed by atoms with van der Waals surface area (Å²) in [6.07, 6.45) is 0. The van der Waals surface area contributed by atoms with Gasteiger partial charge in [0, 0.05) is 9.26 Å². The van der Waals surface area contributed by atoms with E-state index in [0.29, 0.717) is 0 Å². The van der Waals surface area contributed by atoms with Gasteiger partial charge in [-0.3, -0.25) is 0 Å². The molecule has 0 bridgehead atoms. The van der Waals surface area contributed by atoms with Crippen LogP contribution in [0.1, 0.15) is 26.3 Å². The maximum atomic E-state index is 5.81. The molecular weight excluding hydrogens is 261 g/mol. The third-order valence-electron chi connectivity index (χ3n) is 1.86. The van der Waals surface area contributed by atoms with Gasteiger partial charge in [-0.05, 0) is 45.7 Å². The zero-order chi connectivity index (χ0) is 9.35. The number of rotatable bonds is 0. The Balaban J connectivity index is 3.14. The first kappa shape index (κ1) is 9.84. The number of hydrogen-bond acceptors (Lipinski definition) is 1. The van der Waals surface area contributed by atoms with Crippen LogP contribution < -0.4 is 5.73 Å². The summed E-state index contributed by atoms with van der Waals surface area (Å²) in [5.74, 6) is 0. The molecule has 0 aliphatic rings. The molecule has 1 rings (SSSR count). The third-order valence-corrected chi connectivity index (χ3v) is 2.84. The van der Waals surface area contributed by atoms with Crippen LogP contribution in [0, 0.1) is 3.57 Å². The molecule has 66 valence electrons. The molecule has 1 aromatic rings. The molecule has 0 saturated carbocycles. The average Bonchev–Trinajstić information content (AvgIpc) is 1.92. The largest absolute Gasteiger partial charge is 0.398 e. The number of benzene rings is 1. The second-order valence-electron chi connectivity index (χ2n) is 3.99. The van der Waals surface area contributed by atoms with Crippen molar-refractivity contribution in [2.24, 2.45) is 0 Å². The smallest absolute Gasteiger partial charge is 0.0452 e. The number of nitrogen functional groups attached to an aromatic ring is 1. The minimum absolute atomic E-state index is 0.193. The predicted molar refractivity (Wildman–Crippen MR) is 62.3 cm³/mol. The normalized spacial score (nSPS) is 11.7. The van der Waals surface area contributed by atoms with Gasteiger partial charge in [0.1, 0.15) is 0 Å². The van der Waals surface area contributed by atoms with E-state index in [2.05, 4.69) is 61.6 Å². The van der Waals surface area contributed by atoms with Gasteiger partial charge < -0.3 is 5.73 Å². The minimum atomic E-state index is 0.193. The van der Waals surface area contributed by atoms with Gasteiger partial charge in [0.05, 0.1) is 0 Å². The molecule has 0 saturated heterocycles. The minimum Gasteiger partial charge on any atom is -0.398 e. The lowest BCUT2D eigenvalue weighted by atomic mass is 9.87. The van der Waals surface area contributed by atoms with Gasteiger partial charge in [0.15, 0.2) is 0 Å². The van der Waals surface area contributed by atoms with Crippen LogP contribution >= 0.6 is 22.6 Å². The molecule has 1 aromatic carbocycles. The third kappa shape index (κ3) is 2.12. The Kier molecular flexibility index (Phi) is 2.66. The number of hydrogen-bond donors (Lipinski definition) is 1. The zero-order valence-corrected chi connectivity index (χ0v) is 9.84. The lowest BCUT2D eigenvalue weighted by molar-refractivity contribution is 0.590. The Morgan fingerprint density at radius 3 is 2.25 bits per heavy atom. The van der Waals surface area contributed by atoms with Gasteiger partial charge in [-0.2, -0.15) is 0 Å². The zero-order valence-electron chi connectivity index (χ0n) is 7.69. The molecular formula is C10H14IN. The van der Waals surface area contributed by atoms with Crippen molar-refractivity contribution >= 4 is 28.3 Å². The molecule has 12 heavy (non-hydrogen) atoms. The highest BCUT2D eigenvalue weighted by Gasteiger charge is 2.13. The highest BCUT2D eigenvalue weighted by Crippen LogP contribution is 2.26. The van der Waals surface area contributed by atoms with E-state index in [-0.39, 0.29) is 5.41 Å². The maximum absolute atomic E-state index is 5.81. The highest BCUT2D eigenvalue weighted by molar-refractivity contribution is 14.1. The first-order valence-electron chi connectivity index (χ1n) is 3.97. The summed E-state index contributed by atoms with van der Waals surface area (Å²) in [6, 6.07) is 6.26. The lowest BCUT2D eigenvalue weighted by Crippen LogP contribution is -2.11. The molecule has 0 heterocycles. The summed E-state index contributed by atoms with van der Waals surface area (Å²) in [4.78, 5) is 0. The molecule has 0 aliphatic carbocycles. The molecule has 2 N–H and O–H groups in total. The van der Waals surface area contributed by atoms with Crippen LogP contribution in [0.5, 0.6) is 0 Å². The molecule has 0 atom stereocenters. The molecule has 0 amide bonds. The lowest BCUT2D eigenvalue weighted by Gasteiger charge is -2.19. The van der Waals surface area contributed by atoms with Gasteiger partial charge in [0.25, 0.3) is 0 Å². The molecule has 0 fully saturated rings. The Morgan fingerprint density at radius 1 is 1.25 bits per heavy atom. The summed E-state index contributed by atoms with van der Waals surface area (Å²) in [5.41, 5.74) is 8.17. The molecule has 0 spiro atoms. The molecule has 0 aromatic heterocycles. The fraction of sp³-hybridized carbons (Fsp3) is 0.400. The van der Waals surface area contributed by atoms with Crippen LogP contribution in [0.25, 0.3) is 0 Å². The topological polar surface area (TPSA) is 26.0 Å². The summed E-state index contributed by atoms with van der Waals surface area (Å²) in [6.45, 7) is 6.57. The monoisotopic (exact) mass is 275 g/mol. The van der Waals surface area contributed by atoms with Crippen molar-refractivity contribution in [3.8, 4) is 0 Å². The molecule has 2 heteroatoms. The average molecular weight is 275 g/mol. The van der Waals surface area contributed by atoms with Crippen LogP contribution in [0.3, 0.4) is 0 Å². The van der Waals surface area contributed by atoms with E-state index in [1.165, 1.54) is 5.56 Å². The van der Waals surface area contributed by atoms with E-state index < -0.39 is 0 Å². The van der Waals surface area contributed by atoms with Gasteiger partial charge in [0.2, 0.25) is 0 Å². The predicted octanol–water partition coefficient (Wildman–Crippen LogP) is 3.17. The fourth-order valence-corrected chi connectivity index (χ4v) is 1.35. The summed E-state index contributed by atoms with van der Waals surface area (Å²) in [5, 5.41) is 0. The van der Waals surface area contributed by atoms with Crippen molar-refractivity contribution in [2.45, 2.75) is 26.2 Å². The van der Waals surface area contributed by atoms with Gasteiger partial charge in [-0.15, -0.1) is 0 Å². The Labute approximate surface area is 87.5 Å². The first-order chi connectivity index (χ1) is 5.41. The van der Waals surface area contributed by atoms with Crippen molar-refractivity contribution in [3.63, 3.8) is 0 Å².